The molecular weight excluding hydrogens is 694 g/mol. The molecule has 1 saturated carbocycles. The molecule has 1 fully saturated rings. The SMILES string of the molecule is CC.CC.CC1=CC2(C(C)C)CC(=C1)C2(C)C.Cc1cc2cc(c1)C2(C)C.Cc1ccccc1.Cc1ccccc1C(C)C.ClCCl.ClCCl. The second kappa shape index (κ2) is 25.3. The Morgan fingerprint density at radius 1 is 0.620 bits per heavy atom. The number of allylic oxidation sites excluding steroid dienone is 4. The van der Waals surface area contributed by atoms with Gasteiger partial charge in [0.05, 0.1) is 10.7 Å². The molecule has 50 heavy (non-hydrogen) atoms. The maximum Gasteiger partial charge on any atom is 0.0967 e. The van der Waals surface area contributed by atoms with Crippen molar-refractivity contribution in [3.8, 4) is 0 Å². The van der Waals surface area contributed by atoms with Crippen molar-refractivity contribution in [3.05, 3.63) is 129 Å². The summed E-state index contributed by atoms with van der Waals surface area (Å²) >= 11 is 19.1. The molecule has 0 radical (unpaired) electrons. The van der Waals surface area contributed by atoms with E-state index in [1.807, 2.05) is 45.9 Å². The van der Waals surface area contributed by atoms with Crippen molar-refractivity contribution < 1.29 is 0 Å². The predicted molar refractivity (Wildman–Crippen MR) is 233 cm³/mol. The average molecular weight is 765 g/mol. The summed E-state index contributed by atoms with van der Waals surface area (Å²) in [5.41, 5.74) is 12.9. The van der Waals surface area contributed by atoms with Gasteiger partial charge in [-0.3, -0.25) is 0 Å². The maximum atomic E-state index is 4.76. The molecule has 4 bridgehead atoms. The molecule has 0 nitrogen and oxygen atoms in total. The minimum absolute atomic E-state index is 0.194. The van der Waals surface area contributed by atoms with Gasteiger partial charge in [0.25, 0.3) is 0 Å². The second-order valence-electron chi connectivity index (χ2n) is 14.1. The Morgan fingerprint density at radius 2 is 1.06 bits per heavy atom. The smallest absolute Gasteiger partial charge is 0.0967 e. The summed E-state index contributed by atoms with van der Waals surface area (Å²) in [7, 11) is 0. The van der Waals surface area contributed by atoms with Gasteiger partial charge in [-0.2, -0.15) is 0 Å². The van der Waals surface area contributed by atoms with Crippen LogP contribution < -0.4 is 0 Å². The van der Waals surface area contributed by atoms with Crippen LogP contribution in [0, 0.1) is 37.5 Å². The van der Waals surface area contributed by atoms with Gasteiger partial charge in [0.2, 0.25) is 0 Å². The van der Waals surface area contributed by atoms with Crippen LogP contribution in [0.25, 0.3) is 0 Å². The Hall–Kier alpha value is -1.70. The minimum atomic E-state index is 0.194. The number of fused-ring (bicyclic) bond motifs is 3. The van der Waals surface area contributed by atoms with Gasteiger partial charge < -0.3 is 0 Å². The van der Waals surface area contributed by atoms with Gasteiger partial charge in [-0.25, -0.2) is 0 Å². The van der Waals surface area contributed by atoms with Crippen molar-refractivity contribution in [3.63, 3.8) is 0 Å². The standard InChI is InChI=1S/C13H20.C10H12.C10H14.C7H8.2C2H6.2CH2Cl2/c1-9(2)13-7-10(3)6-11(8-13)12(13,4)5;1-7-4-8-6-9(5-7)10(8,2)3;1-8(2)10-7-5-4-6-9(10)3;1-7-5-3-2-4-6-7;2*1-2;2*2-1-3/h6-7,9H,8H2,1-5H3;4-6H,1-3H3;4-8H,1-3H3;2-6H,1H3;2*1-2H3;2*1H2. The Morgan fingerprint density at radius 3 is 1.34 bits per heavy atom. The average Bonchev–Trinajstić information content (AvgIpc) is 3.08. The molecule has 0 N–H and O–H groups in total. The normalized spacial score (nSPS) is 17.1. The molecule has 5 aliphatic rings. The van der Waals surface area contributed by atoms with Gasteiger partial charge >= 0.3 is 0 Å². The van der Waals surface area contributed by atoms with Crippen LogP contribution in [-0.2, 0) is 5.41 Å². The molecule has 3 aromatic carbocycles. The molecule has 0 amide bonds. The highest BCUT2D eigenvalue weighted by Gasteiger charge is 2.57. The minimum Gasteiger partial charge on any atom is -0.109 e. The Balaban J connectivity index is 0. The van der Waals surface area contributed by atoms with E-state index in [9.17, 15) is 0 Å². The van der Waals surface area contributed by atoms with Gasteiger partial charge in [0, 0.05) is 10.8 Å². The highest BCUT2D eigenvalue weighted by atomic mass is 35.5. The molecule has 5 aliphatic carbocycles. The van der Waals surface area contributed by atoms with Crippen LogP contribution in [0.4, 0.5) is 0 Å². The summed E-state index contributed by atoms with van der Waals surface area (Å²) in [6.07, 6.45) is 6.18. The fourth-order valence-corrected chi connectivity index (χ4v) is 6.59. The fraction of sp³-hybridized carbons (Fsp3) is 0.522. The predicted octanol–water partition coefficient (Wildman–Crippen LogP) is 16.6. The first-order valence-corrected chi connectivity index (χ1v) is 20.4. The zero-order valence-corrected chi connectivity index (χ0v) is 37.4. The molecule has 1 atom stereocenters. The first-order valence-electron chi connectivity index (χ1n) is 18.3. The topological polar surface area (TPSA) is 0 Å². The van der Waals surface area contributed by atoms with Gasteiger partial charge in [0.1, 0.15) is 0 Å². The van der Waals surface area contributed by atoms with E-state index in [-0.39, 0.29) is 10.7 Å². The van der Waals surface area contributed by atoms with E-state index in [1.54, 1.807) is 5.57 Å². The number of aryl methyl sites for hydroxylation is 3. The van der Waals surface area contributed by atoms with Crippen LogP contribution in [0.1, 0.15) is 136 Å². The van der Waals surface area contributed by atoms with E-state index in [1.165, 1.54) is 45.4 Å². The third-order valence-corrected chi connectivity index (χ3v) is 9.64. The maximum absolute atomic E-state index is 4.76. The summed E-state index contributed by atoms with van der Waals surface area (Å²) < 4.78 is 0. The van der Waals surface area contributed by atoms with Crippen molar-refractivity contribution in [1.29, 1.82) is 0 Å². The van der Waals surface area contributed by atoms with E-state index in [4.69, 9.17) is 46.4 Å². The fourth-order valence-electron chi connectivity index (χ4n) is 6.59. The lowest BCUT2D eigenvalue weighted by Gasteiger charge is -2.62. The van der Waals surface area contributed by atoms with Crippen molar-refractivity contribution in [1.82, 2.24) is 0 Å². The van der Waals surface area contributed by atoms with Crippen LogP contribution >= 0.6 is 46.4 Å². The number of benzene rings is 3. The van der Waals surface area contributed by atoms with Crippen molar-refractivity contribution >= 4 is 46.4 Å². The third-order valence-electron chi connectivity index (χ3n) is 9.64. The number of halogens is 4. The van der Waals surface area contributed by atoms with Gasteiger partial charge in [-0.1, -0.05) is 190 Å². The third kappa shape index (κ3) is 14.7. The molecule has 0 aliphatic heterocycles. The Bertz CT molecular complexity index is 1370. The number of rotatable bonds is 2. The number of hydrogen-bond donors (Lipinski definition) is 0. The van der Waals surface area contributed by atoms with Crippen molar-refractivity contribution in [2.75, 3.05) is 10.7 Å². The van der Waals surface area contributed by atoms with Crippen LogP contribution in [0.5, 0.6) is 0 Å². The molecule has 0 aromatic heterocycles. The molecule has 8 rings (SSSR count). The van der Waals surface area contributed by atoms with Crippen LogP contribution in [0.15, 0.2) is 96.1 Å². The highest BCUT2D eigenvalue weighted by Crippen LogP contribution is 2.67. The van der Waals surface area contributed by atoms with Crippen molar-refractivity contribution in [2.45, 2.75) is 129 Å². The summed E-state index contributed by atoms with van der Waals surface area (Å²) in [5, 5.41) is 0.389. The lowest BCUT2D eigenvalue weighted by molar-refractivity contribution is 0.0203. The van der Waals surface area contributed by atoms with E-state index < -0.39 is 0 Å². The van der Waals surface area contributed by atoms with E-state index >= 15 is 0 Å². The first kappa shape index (κ1) is 50.4. The molecule has 1 unspecified atom stereocenters. The summed E-state index contributed by atoms with van der Waals surface area (Å²) in [6.45, 7) is 35.1. The lowest BCUT2D eigenvalue weighted by Crippen LogP contribution is -2.53. The molecule has 0 saturated heterocycles. The summed E-state index contributed by atoms with van der Waals surface area (Å²) in [4.78, 5) is 0. The first-order chi connectivity index (χ1) is 23.4. The zero-order valence-electron chi connectivity index (χ0n) is 34.4. The molecular formula is C46H70Cl4. The monoisotopic (exact) mass is 762 g/mol. The van der Waals surface area contributed by atoms with E-state index in [0.29, 0.717) is 22.2 Å². The largest absolute Gasteiger partial charge is 0.109 e. The van der Waals surface area contributed by atoms with Crippen molar-refractivity contribution in [2.24, 2.45) is 16.7 Å². The van der Waals surface area contributed by atoms with Crippen LogP contribution in [0.2, 0.25) is 0 Å². The zero-order chi connectivity index (χ0) is 39.3. The molecule has 4 heteroatoms. The molecule has 282 valence electrons. The Kier molecular flexibility index (Phi) is 25.5. The summed E-state index contributed by atoms with van der Waals surface area (Å²) in [6, 6.07) is 25.6. The van der Waals surface area contributed by atoms with Gasteiger partial charge in [-0.15, -0.1) is 46.4 Å². The lowest BCUT2D eigenvalue weighted by atomic mass is 9.42. The van der Waals surface area contributed by atoms with Gasteiger partial charge in [0.15, 0.2) is 0 Å². The van der Waals surface area contributed by atoms with Gasteiger partial charge in [-0.05, 0) is 73.6 Å². The van der Waals surface area contributed by atoms with E-state index in [0.717, 1.165) is 5.92 Å². The highest BCUT2D eigenvalue weighted by molar-refractivity contribution is 6.41. The Labute approximate surface area is 330 Å². The van der Waals surface area contributed by atoms with Crippen LogP contribution in [-0.4, -0.2) is 10.7 Å². The molecule has 0 spiro atoms. The molecule has 3 aromatic rings. The summed E-state index contributed by atoms with van der Waals surface area (Å²) in [5.74, 6) is 1.41. The number of hydrogen-bond acceptors (Lipinski definition) is 0. The van der Waals surface area contributed by atoms with E-state index in [2.05, 4.69) is 150 Å². The molecule has 0 heterocycles. The number of alkyl halides is 4. The second-order valence-corrected chi connectivity index (χ2v) is 15.8. The quantitative estimate of drug-likeness (QED) is 0.228. The van der Waals surface area contributed by atoms with Crippen LogP contribution in [0.3, 0.4) is 0 Å².